The number of aryl methyl sites for hydroxylation is 1. The van der Waals surface area contributed by atoms with E-state index in [0.717, 1.165) is 11.1 Å². The highest BCUT2D eigenvalue weighted by Crippen LogP contribution is 2.30. The SMILES string of the molecule is Cc1nn2c(Cl)cc(Cl)nc2c1-c1ccc([N+](=O)[O-])cc1. The van der Waals surface area contributed by atoms with Gasteiger partial charge in [0.1, 0.15) is 10.3 Å². The molecule has 0 fully saturated rings. The molecule has 8 heteroatoms. The number of nitrogens with zero attached hydrogens (tertiary/aromatic N) is 4. The molecule has 106 valence electrons. The Kier molecular flexibility index (Phi) is 3.27. The second-order valence-corrected chi connectivity index (χ2v) is 5.18. The van der Waals surface area contributed by atoms with Crippen LogP contribution in [0.2, 0.25) is 10.3 Å². The molecule has 1 aromatic carbocycles. The van der Waals surface area contributed by atoms with E-state index in [1.165, 1.54) is 22.7 Å². The number of nitro benzene ring substituents is 1. The first-order valence-electron chi connectivity index (χ1n) is 5.93. The van der Waals surface area contributed by atoms with Gasteiger partial charge in [-0.3, -0.25) is 10.1 Å². The monoisotopic (exact) mass is 322 g/mol. The number of hydrogen-bond acceptors (Lipinski definition) is 4. The van der Waals surface area contributed by atoms with Gasteiger partial charge in [0, 0.05) is 23.8 Å². The first-order valence-corrected chi connectivity index (χ1v) is 6.69. The average Bonchev–Trinajstić information content (AvgIpc) is 2.75. The van der Waals surface area contributed by atoms with Crippen LogP contribution in [0, 0.1) is 17.0 Å². The largest absolute Gasteiger partial charge is 0.269 e. The van der Waals surface area contributed by atoms with Crippen molar-refractivity contribution in [3.05, 3.63) is 56.4 Å². The maximum Gasteiger partial charge on any atom is 0.269 e. The standard InChI is InChI=1S/C13H8Cl2N4O2/c1-7-12(8-2-4-9(5-3-8)19(20)21)13-16-10(14)6-11(15)18(13)17-7/h2-6H,1H3. The Balaban J connectivity index is 2.24. The molecule has 0 amide bonds. The summed E-state index contributed by atoms with van der Waals surface area (Å²) in [6.07, 6.45) is 0. The van der Waals surface area contributed by atoms with E-state index in [-0.39, 0.29) is 10.8 Å². The molecule has 2 aromatic heterocycles. The molecule has 21 heavy (non-hydrogen) atoms. The zero-order valence-electron chi connectivity index (χ0n) is 10.7. The third-order valence-corrected chi connectivity index (χ3v) is 3.52. The van der Waals surface area contributed by atoms with Gasteiger partial charge in [0.25, 0.3) is 5.69 Å². The van der Waals surface area contributed by atoms with Crippen molar-refractivity contribution in [3.8, 4) is 11.1 Å². The molecule has 0 bridgehead atoms. The minimum absolute atomic E-state index is 0.0249. The number of nitro groups is 1. The lowest BCUT2D eigenvalue weighted by Gasteiger charge is -2.01. The van der Waals surface area contributed by atoms with E-state index in [0.29, 0.717) is 16.5 Å². The molecule has 0 N–H and O–H groups in total. The normalized spacial score (nSPS) is 11.0. The minimum atomic E-state index is -0.446. The number of rotatable bonds is 2. The number of halogens is 2. The molecule has 0 aliphatic rings. The highest BCUT2D eigenvalue weighted by molar-refractivity contribution is 6.33. The van der Waals surface area contributed by atoms with Crippen LogP contribution in [0.5, 0.6) is 0 Å². The summed E-state index contributed by atoms with van der Waals surface area (Å²) in [4.78, 5) is 14.5. The van der Waals surface area contributed by atoms with E-state index in [9.17, 15) is 10.1 Å². The van der Waals surface area contributed by atoms with Crippen LogP contribution in [-0.4, -0.2) is 19.5 Å². The highest BCUT2D eigenvalue weighted by atomic mass is 35.5. The van der Waals surface area contributed by atoms with Crippen LogP contribution < -0.4 is 0 Å². The van der Waals surface area contributed by atoms with Crippen molar-refractivity contribution in [2.75, 3.05) is 0 Å². The van der Waals surface area contributed by atoms with Crippen LogP contribution >= 0.6 is 23.2 Å². The van der Waals surface area contributed by atoms with Crippen molar-refractivity contribution >= 4 is 34.5 Å². The van der Waals surface area contributed by atoms with Gasteiger partial charge >= 0.3 is 0 Å². The summed E-state index contributed by atoms with van der Waals surface area (Å²) < 4.78 is 1.49. The van der Waals surface area contributed by atoms with Crippen LogP contribution in [0.1, 0.15) is 5.69 Å². The minimum Gasteiger partial charge on any atom is -0.258 e. The van der Waals surface area contributed by atoms with Crippen molar-refractivity contribution in [1.82, 2.24) is 14.6 Å². The molecular weight excluding hydrogens is 315 g/mol. The van der Waals surface area contributed by atoms with Gasteiger partial charge in [-0.05, 0) is 24.6 Å². The third-order valence-electron chi connectivity index (χ3n) is 3.06. The van der Waals surface area contributed by atoms with Crippen molar-refractivity contribution in [1.29, 1.82) is 0 Å². The fourth-order valence-corrected chi connectivity index (χ4v) is 2.61. The van der Waals surface area contributed by atoms with Crippen molar-refractivity contribution in [3.63, 3.8) is 0 Å². The lowest BCUT2D eigenvalue weighted by atomic mass is 10.1. The first kappa shape index (κ1) is 13.8. The fourth-order valence-electron chi connectivity index (χ4n) is 2.15. The fraction of sp³-hybridized carbons (Fsp3) is 0.0769. The zero-order chi connectivity index (χ0) is 15.1. The first-order chi connectivity index (χ1) is 9.97. The molecule has 0 atom stereocenters. The Labute approximate surface area is 129 Å². The van der Waals surface area contributed by atoms with Crippen LogP contribution in [0.4, 0.5) is 5.69 Å². The number of non-ortho nitro benzene ring substituents is 1. The molecule has 0 saturated carbocycles. The lowest BCUT2D eigenvalue weighted by Crippen LogP contribution is -1.92. The molecule has 0 aliphatic heterocycles. The predicted octanol–water partition coefficient (Wildman–Crippen LogP) is 3.92. The van der Waals surface area contributed by atoms with Gasteiger partial charge in [-0.15, -0.1) is 0 Å². The Morgan fingerprint density at radius 1 is 1.24 bits per heavy atom. The van der Waals surface area contributed by atoms with E-state index in [1.54, 1.807) is 12.1 Å². The summed E-state index contributed by atoms with van der Waals surface area (Å²) in [5, 5.41) is 15.6. The van der Waals surface area contributed by atoms with E-state index in [1.807, 2.05) is 6.92 Å². The summed E-state index contributed by atoms with van der Waals surface area (Å²) in [5.41, 5.74) is 2.75. The number of benzene rings is 1. The lowest BCUT2D eigenvalue weighted by molar-refractivity contribution is -0.384. The smallest absolute Gasteiger partial charge is 0.258 e. The average molecular weight is 323 g/mol. The van der Waals surface area contributed by atoms with Gasteiger partial charge in [0.15, 0.2) is 5.65 Å². The molecule has 6 nitrogen and oxygen atoms in total. The van der Waals surface area contributed by atoms with Crippen molar-refractivity contribution in [2.45, 2.75) is 6.92 Å². The van der Waals surface area contributed by atoms with E-state index >= 15 is 0 Å². The van der Waals surface area contributed by atoms with Gasteiger partial charge in [-0.2, -0.15) is 5.10 Å². The van der Waals surface area contributed by atoms with Crippen molar-refractivity contribution < 1.29 is 4.92 Å². The molecule has 0 aliphatic carbocycles. The summed E-state index contributed by atoms with van der Waals surface area (Å²) in [5.74, 6) is 0. The zero-order valence-corrected chi connectivity index (χ0v) is 12.3. The van der Waals surface area contributed by atoms with Gasteiger partial charge in [-0.1, -0.05) is 23.2 Å². The summed E-state index contributed by atoms with van der Waals surface area (Å²) >= 11 is 12.0. The number of fused-ring (bicyclic) bond motifs is 1. The van der Waals surface area contributed by atoms with E-state index < -0.39 is 4.92 Å². The van der Waals surface area contributed by atoms with E-state index in [4.69, 9.17) is 23.2 Å². The van der Waals surface area contributed by atoms with Crippen LogP contribution in [0.3, 0.4) is 0 Å². The molecule has 0 saturated heterocycles. The molecule has 0 radical (unpaired) electrons. The highest BCUT2D eigenvalue weighted by Gasteiger charge is 2.16. The summed E-state index contributed by atoms with van der Waals surface area (Å²) in [6.45, 7) is 1.82. The topological polar surface area (TPSA) is 73.3 Å². The summed E-state index contributed by atoms with van der Waals surface area (Å²) in [7, 11) is 0. The molecule has 0 unspecified atom stereocenters. The van der Waals surface area contributed by atoms with Gasteiger partial charge in [0.2, 0.25) is 0 Å². The second-order valence-electron chi connectivity index (χ2n) is 4.40. The summed E-state index contributed by atoms with van der Waals surface area (Å²) in [6, 6.07) is 7.67. The molecular formula is C13H8Cl2N4O2. The van der Waals surface area contributed by atoms with E-state index in [2.05, 4.69) is 10.1 Å². The van der Waals surface area contributed by atoms with Crippen LogP contribution in [-0.2, 0) is 0 Å². The Morgan fingerprint density at radius 3 is 2.52 bits per heavy atom. The molecule has 3 aromatic rings. The molecule has 0 spiro atoms. The quantitative estimate of drug-likeness (QED) is 0.407. The second kappa shape index (κ2) is 4.98. The van der Waals surface area contributed by atoms with Gasteiger partial charge < -0.3 is 0 Å². The maximum absolute atomic E-state index is 10.7. The maximum atomic E-state index is 10.7. The van der Waals surface area contributed by atoms with Gasteiger partial charge in [-0.25, -0.2) is 9.50 Å². The Bertz CT molecular complexity index is 859. The number of hydrogen-bond donors (Lipinski definition) is 0. The third kappa shape index (κ3) is 2.32. The van der Waals surface area contributed by atoms with Crippen LogP contribution in [0.25, 0.3) is 16.8 Å². The predicted molar refractivity (Wildman–Crippen MR) is 79.8 cm³/mol. The Hall–Kier alpha value is -2.18. The number of aromatic nitrogens is 3. The molecule has 2 heterocycles. The van der Waals surface area contributed by atoms with Gasteiger partial charge in [0.05, 0.1) is 10.6 Å². The van der Waals surface area contributed by atoms with Crippen LogP contribution in [0.15, 0.2) is 30.3 Å². The Morgan fingerprint density at radius 2 is 1.90 bits per heavy atom. The van der Waals surface area contributed by atoms with Crippen molar-refractivity contribution in [2.24, 2.45) is 0 Å². The molecule has 3 rings (SSSR count).